The van der Waals surface area contributed by atoms with Gasteiger partial charge >= 0.3 is 0 Å². The molecule has 5 atom stereocenters. The van der Waals surface area contributed by atoms with E-state index in [1.807, 2.05) is 24.3 Å². The van der Waals surface area contributed by atoms with Crippen LogP contribution in [-0.2, 0) is 9.53 Å². The maximum absolute atomic E-state index is 12.0. The number of ketones is 1. The average Bonchev–Trinajstić information content (AvgIpc) is 2.55. The minimum atomic E-state index is -1.46. The minimum absolute atomic E-state index is 0.158. The van der Waals surface area contributed by atoms with Crippen LogP contribution in [-0.4, -0.2) is 63.3 Å². The van der Waals surface area contributed by atoms with Crippen LogP contribution in [0.3, 0.4) is 0 Å². The fourth-order valence-corrected chi connectivity index (χ4v) is 2.64. The predicted molar refractivity (Wildman–Crippen MR) is 86.6 cm³/mol. The van der Waals surface area contributed by atoms with Crippen LogP contribution in [0.1, 0.15) is 12.0 Å². The Labute approximate surface area is 142 Å². The quantitative estimate of drug-likeness (QED) is 0.541. The number of rotatable bonds is 5. The highest BCUT2D eigenvalue weighted by molar-refractivity contribution is 9.10. The summed E-state index contributed by atoms with van der Waals surface area (Å²) in [6.45, 7) is -0.510. The summed E-state index contributed by atoms with van der Waals surface area (Å²) in [7, 11) is 0. The SMILES string of the molecule is O=C(/C=C/c1ccc(Br)cc1)C[C@@H]1O[C@H](CO)[C@@H](O)[C@H](O)[C@H]1O. The number of carbonyl (C=O) groups excluding carboxylic acids is 1. The number of allylic oxidation sites excluding steroid dienone is 1. The lowest BCUT2D eigenvalue weighted by atomic mass is 9.92. The second kappa shape index (κ2) is 8.14. The van der Waals surface area contributed by atoms with E-state index < -0.39 is 37.1 Å². The standard InChI is InChI=1S/C16H19BrO6/c17-10-4-1-9(2-5-10)3-6-11(19)7-12-14(20)16(22)15(21)13(8-18)23-12/h1-6,12-16,18,20-22H,7-8H2/b6-3+/t12-,13+,14-,15+,16+/m0/s1. The lowest BCUT2D eigenvalue weighted by Gasteiger charge is -2.39. The van der Waals surface area contributed by atoms with Gasteiger partial charge in [-0.05, 0) is 23.8 Å². The first-order valence-electron chi connectivity index (χ1n) is 7.19. The highest BCUT2D eigenvalue weighted by atomic mass is 79.9. The molecule has 2 rings (SSSR count). The number of ether oxygens (including phenoxy) is 1. The van der Waals surface area contributed by atoms with Crippen LogP contribution in [0.2, 0.25) is 0 Å². The third-order valence-electron chi connectivity index (χ3n) is 3.73. The van der Waals surface area contributed by atoms with E-state index in [4.69, 9.17) is 9.84 Å². The smallest absolute Gasteiger partial charge is 0.158 e. The third kappa shape index (κ3) is 4.69. The molecule has 0 aromatic heterocycles. The van der Waals surface area contributed by atoms with E-state index in [2.05, 4.69) is 15.9 Å². The van der Waals surface area contributed by atoms with Gasteiger partial charge in [0.2, 0.25) is 0 Å². The summed E-state index contributed by atoms with van der Waals surface area (Å²) >= 11 is 3.32. The Morgan fingerprint density at radius 1 is 1.09 bits per heavy atom. The molecule has 0 aliphatic carbocycles. The van der Waals surface area contributed by atoms with E-state index in [1.165, 1.54) is 6.08 Å². The van der Waals surface area contributed by atoms with Crippen LogP contribution >= 0.6 is 15.9 Å². The first kappa shape index (κ1) is 18.3. The van der Waals surface area contributed by atoms with E-state index in [-0.39, 0.29) is 12.2 Å². The van der Waals surface area contributed by atoms with Gasteiger partial charge in [-0.15, -0.1) is 0 Å². The van der Waals surface area contributed by atoms with Crippen LogP contribution in [0.5, 0.6) is 0 Å². The monoisotopic (exact) mass is 386 g/mol. The molecule has 1 aliphatic rings. The maximum Gasteiger partial charge on any atom is 0.158 e. The van der Waals surface area contributed by atoms with Crippen LogP contribution in [0, 0.1) is 0 Å². The Morgan fingerprint density at radius 2 is 1.70 bits per heavy atom. The fraction of sp³-hybridized carbons (Fsp3) is 0.438. The molecule has 6 nitrogen and oxygen atoms in total. The topological polar surface area (TPSA) is 107 Å². The summed E-state index contributed by atoms with van der Waals surface area (Å²) in [5, 5.41) is 38.4. The number of hydrogen-bond acceptors (Lipinski definition) is 6. The molecule has 1 aromatic carbocycles. The molecule has 1 fully saturated rings. The van der Waals surface area contributed by atoms with Crippen molar-refractivity contribution in [1.29, 1.82) is 0 Å². The number of benzene rings is 1. The summed E-state index contributed by atoms with van der Waals surface area (Å²) in [4.78, 5) is 12.0. The Balaban J connectivity index is 1.97. The first-order valence-corrected chi connectivity index (χ1v) is 7.98. The third-order valence-corrected chi connectivity index (χ3v) is 4.25. The normalized spacial score (nSPS) is 31.4. The largest absolute Gasteiger partial charge is 0.394 e. The van der Waals surface area contributed by atoms with Crippen molar-refractivity contribution in [3.63, 3.8) is 0 Å². The number of hydrogen-bond donors (Lipinski definition) is 4. The summed E-state index contributed by atoms with van der Waals surface area (Å²) < 4.78 is 6.23. The predicted octanol–water partition coefficient (Wildman–Crippen LogP) is 0.264. The zero-order valence-corrected chi connectivity index (χ0v) is 13.8. The Bertz CT molecular complexity index is 556. The average molecular weight is 387 g/mol. The number of halogens is 1. The molecule has 23 heavy (non-hydrogen) atoms. The molecule has 1 heterocycles. The van der Waals surface area contributed by atoms with Crippen molar-refractivity contribution >= 4 is 27.8 Å². The lowest BCUT2D eigenvalue weighted by molar-refractivity contribution is -0.229. The van der Waals surface area contributed by atoms with Gasteiger partial charge < -0.3 is 25.2 Å². The zero-order chi connectivity index (χ0) is 17.0. The molecule has 0 radical (unpaired) electrons. The first-order chi connectivity index (χ1) is 10.9. The Hall–Kier alpha value is -1.09. The Kier molecular flexibility index (Phi) is 6.46. The molecule has 1 saturated heterocycles. The molecule has 126 valence electrons. The number of carbonyl (C=O) groups is 1. The lowest BCUT2D eigenvalue weighted by Crippen LogP contribution is -2.58. The van der Waals surface area contributed by atoms with E-state index in [9.17, 15) is 20.1 Å². The summed E-state index contributed by atoms with van der Waals surface area (Å²) in [6.07, 6.45) is -3.40. The molecule has 0 amide bonds. The highest BCUT2D eigenvalue weighted by Gasteiger charge is 2.43. The van der Waals surface area contributed by atoms with Gasteiger partial charge in [0.15, 0.2) is 5.78 Å². The van der Waals surface area contributed by atoms with Gasteiger partial charge in [0.1, 0.15) is 24.4 Å². The molecule has 0 saturated carbocycles. The second-order valence-electron chi connectivity index (χ2n) is 5.42. The van der Waals surface area contributed by atoms with Gasteiger partial charge in [-0.3, -0.25) is 4.79 Å². The van der Waals surface area contributed by atoms with Crippen LogP contribution in [0.4, 0.5) is 0 Å². The van der Waals surface area contributed by atoms with E-state index in [0.717, 1.165) is 10.0 Å². The maximum atomic E-state index is 12.0. The molecule has 0 unspecified atom stereocenters. The Morgan fingerprint density at radius 3 is 2.30 bits per heavy atom. The summed E-state index contributed by atoms with van der Waals surface area (Å²) in [5.74, 6) is -0.294. The van der Waals surface area contributed by atoms with Crippen molar-refractivity contribution in [2.75, 3.05) is 6.61 Å². The van der Waals surface area contributed by atoms with Gasteiger partial charge in [0, 0.05) is 10.9 Å². The number of aliphatic hydroxyl groups excluding tert-OH is 4. The molecular formula is C16H19BrO6. The second-order valence-corrected chi connectivity index (χ2v) is 6.34. The van der Waals surface area contributed by atoms with Gasteiger partial charge in [-0.2, -0.15) is 0 Å². The molecule has 0 bridgehead atoms. The van der Waals surface area contributed by atoms with Crippen molar-refractivity contribution in [2.45, 2.75) is 36.9 Å². The van der Waals surface area contributed by atoms with Crippen molar-refractivity contribution < 1.29 is 30.0 Å². The van der Waals surface area contributed by atoms with Gasteiger partial charge in [0.05, 0.1) is 12.7 Å². The molecule has 1 aromatic rings. The summed E-state index contributed by atoms with van der Waals surface area (Å²) in [6, 6.07) is 7.37. The molecular weight excluding hydrogens is 368 g/mol. The molecule has 4 N–H and O–H groups in total. The van der Waals surface area contributed by atoms with Gasteiger partial charge in [-0.25, -0.2) is 0 Å². The van der Waals surface area contributed by atoms with E-state index in [1.54, 1.807) is 6.08 Å². The zero-order valence-electron chi connectivity index (χ0n) is 12.2. The van der Waals surface area contributed by atoms with Crippen molar-refractivity contribution in [3.05, 3.63) is 40.4 Å². The van der Waals surface area contributed by atoms with Crippen molar-refractivity contribution in [3.8, 4) is 0 Å². The van der Waals surface area contributed by atoms with Crippen LogP contribution in [0.15, 0.2) is 34.8 Å². The van der Waals surface area contributed by atoms with Gasteiger partial charge in [-0.1, -0.05) is 34.1 Å². The van der Waals surface area contributed by atoms with Gasteiger partial charge in [0.25, 0.3) is 0 Å². The minimum Gasteiger partial charge on any atom is -0.394 e. The van der Waals surface area contributed by atoms with Crippen molar-refractivity contribution in [1.82, 2.24) is 0 Å². The van der Waals surface area contributed by atoms with Crippen LogP contribution < -0.4 is 0 Å². The molecule has 0 spiro atoms. The van der Waals surface area contributed by atoms with E-state index in [0.29, 0.717) is 0 Å². The molecule has 1 aliphatic heterocycles. The fourth-order valence-electron chi connectivity index (χ4n) is 2.38. The van der Waals surface area contributed by atoms with Crippen molar-refractivity contribution in [2.24, 2.45) is 0 Å². The van der Waals surface area contributed by atoms with E-state index >= 15 is 0 Å². The summed E-state index contributed by atoms with van der Waals surface area (Å²) in [5.41, 5.74) is 0.843. The number of aliphatic hydroxyl groups is 4. The highest BCUT2D eigenvalue weighted by Crippen LogP contribution is 2.23. The molecule has 7 heteroatoms. The van der Waals surface area contributed by atoms with Crippen LogP contribution in [0.25, 0.3) is 6.08 Å².